The van der Waals surface area contributed by atoms with Crippen molar-refractivity contribution in [2.75, 3.05) is 12.4 Å². The van der Waals surface area contributed by atoms with Crippen LogP contribution in [0.5, 0.6) is 0 Å². The summed E-state index contributed by atoms with van der Waals surface area (Å²) in [5.74, 6) is 0.971. The third kappa shape index (κ3) is 3.42. The molecular weight excluding hydrogens is 278 g/mol. The van der Waals surface area contributed by atoms with Crippen molar-refractivity contribution in [2.24, 2.45) is 0 Å². The van der Waals surface area contributed by atoms with Gasteiger partial charge in [0.05, 0.1) is 22.8 Å². The molecule has 2 N–H and O–H groups in total. The lowest BCUT2D eigenvalue weighted by Crippen LogP contribution is -2.24. The number of rotatable bonds is 4. The van der Waals surface area contributed by atoms with Gasteiger partial charge in [-0.25, -0.2) is 15.0 Å². The van der Waals surface area contributed by atoms with Crippen molar-refractivity contribution in [3.63, 3.8) is 0 Å². The van der Waals surface area contributed by atoms with Gasteiger partial charge < -0.3 is 10.6 Å². The standard InChI is InChI=1S/C13H14ClN5O/c1-8-16-4-3-9(19-8)6-18-13(20)10-5-12(15-2)17-7-11(10)14/h3-5,7H,6H2,1-2H3,(H,15,17)(H,18,20). The van der Waals surface area contributed by atoms with E-state index in [0.717, 1.165) is 5.69 Å². The maximum atomic E-state index is 12.1. The lowest BCUT2D eigenvalue weighted by atomic mass is 10.2. The van der Waals surface area contributed by atoms with Crippen LogP contribution >= 0.6 is 11.6 Å². The van der Waals surface area contributed by atoms with E-state index in [1.165, 1.54) is 6.20 Å². The number of nitrogens with one attached hydrogen (secondary N) is 2. The summed E-state index contributed by atoms with van der Waals surface area (Å²) in [7, 11) is 1.72. The van der Waals surface area contributed by atoms with Crippen LogP contribution in [-0.4, -0.2) is 27.9 Å². The molecule has 0 aliphatic heterocycles. The van der Waals surface area contributed by atoms with Gasteiger partial charge in [-0.15, -0.1) is 0 Å². The van der Waals surface area contributed by atoms with E-state index in [1.54, 1.807) is 32.3 Å². The Morgan fingerprint density at radius 3 is 2.90 bits per heavy atom. The highest BCUT2D eigenvalue weighted by Gasteiger charge is 2.11. The second-order valence-electron chi connectivity index (χ2n) is 4.08. The molecule has 6 nitrogen and oxygen atoms in total. The minimum Gasteiger partial charge on any atom is -0.373 e. The van der Waals surface area contributed by atoms with E-state index in [0.29, 0.717) is 28.8 Å². The van der Waals surface area contributed by atoms with Crippen LogP contribution in [-0.2, 0) is 6.54 Å². The predicted molar refractivity (Wildman–Crippen MR) is 76.7 cm³/mol. The second-order valence-corrected chi connectivity index (χ2v) is 4.48. The van der Waals surface area contributed by atoms with Crippen LogP contribution in [0.3, 0.4) is 0 Å². The number of amides is 1. The van der Waals surface area contributed by atoms with E-state index in [1.807, 2.05) is 0 Å². The van der Waals surface area contributed by atoms with Crippen molar-refractivity contribution >= 4 is 23.3 Å². The molecule has 20 heavy (non-hydrogen) atoms. The van der Waals surface area contributed by atoms with Crippen LogP contribution in [0.15, 0.2) is 24.5 Å². The smallest absolute Gasteiger partial charge is 0.253 e. The first-order valence-corrected chi connectivity index (χ1v) is 6.38. The highest BCUT2D eigenvalue weighted by molar-refractivity contribution is 6.33. The van der Waals surface area contributed by atoms with Gasteiger partial charge in [0.1, 0.15) is 11.6 Å². The summed E-state index contributed by atoms with van der Waals surface area (Å²) in [6.07, 6.45) is 3.10. The molecule has 0 radical (unpaired) electrons. The van der Waals surface area contributed by atoms with Gasteiger partial charge in [-0.3, -0.25) is 4.79 Å². The molecule has 2 rings (SSSR count). The summed E-state index contributed by atoms with van der Waals surface area (Å²) in [5, 5.41) is 5.93. The third-order valence-corrected chi connectivity index (χ3v) is 2.92. The number of pyridine rings is 1. The zero-order chi connectivity index (χ0) is 14.5. The third-order valence-electron chi connectivity index (χ3n) is 2.62. The topological polar surface area (TPSA) is 79.8 Å². The summed E-state index contributed by atoms with van der Waals surface area (Å²) in [5.41, 5.74) is 1.11. The Hall–Kier alpha value is -2.21. The van der Waals surface area contributed by atoms with Crippen molar-refractivity contribution in [2.45, 2.75) is 13.5 Å². The number of aromatic nitrogens is 3. The Kier molecular flexibility index (Phi) is 4.47. The summed E-state index contributed by atoms with van der Waals surface area (Å²) in [4.78, 5) is 24.3. The summed E-state index contributed by atoms with van der Waals surface area (Å²) in [6.45, 7) is 2.11. The molecule has 0 saturated heterocycles. The van der Waals surface area contributed by atoms with Crippen LogP contribution in [0, 0.1) is 6.92 Å². The fraction of sp³-hybridized carbons (Fsp3) is 0.231. The molecule has 0 unspecified atom stereocenters. The van der Waals surface area contributed by atoms with Gasteiger partial charge in [-0.2, -0.15) is 0 Å². The molecule has 104 valence electrons. The Morgan fingerprint density at radius 1 is 1.40 bits per heavy atom. The fourth-order valence-electron chi connectivity index (χ4n) is 1.62. The number of halogens is 1. The maximum Gasteiger partial charge on any atom is 0.253 e. The van der Waals surface area contributed by atoms with Gasteiger partial charge in [0.2, 0.25) is 0 Å². The molecule has 0 saturated carbocycles. The molecule has 2 heterocycles. The minimum absolute atomic E-state index is 0.273. The van der Waals surface area contributed by atoms with Gasteiger partial charge in [0, 0.05) is 19.4 Å². The zero-order valence-electron chi connectivity index (χ0n) is 11.1. The number of nitrogens with zero attached hydrogens (tertiary/aromatic N) is 3. The molecule has 0 fully saturated rings. The average Bonchev–Trinajstić information content (AvgIpc) is 2.45. The van der Waals surface area contributed by atoms with E-state index in [-0.39, 0.29) is 5.91 Å². The zero-order valence-corrected chi connectivity index (χ0v) is 11.9. The molecule has 7 heteroatoms. The lowest BCUT2D eigenvalue weighted by Gasteiger charge is -2.08. The van der Waals surface area contributed by atoms with Crippen LogP contribution in [0.1, 0.15) is 21.9 Å². The van der Waals surface area contributed by atoms with Crippen LogP contribution in [0.25, 0.3) is 0 Å². The highest BCUT2D eigenvalue weighted by Crippen LogP contribution is 2.17. The van der Waals surface area contributed by atoms with Crippen molar-refractivity contribution in [3.05, 3.63) is 46.6 Å². The molecule has 2 aromatic rings. The second kappa shape index (κ2) is 6.29. The van der Waals surface area contributed by atoms with Crippen molar-refractivity contribution in [1.29, 1.82) is 0 Å². The van der Waals surface area contributed by atoms with Gasteiger partial charge >= 0.3 is 0 Å². The van der Waals surface area contributed by atoms with Gasteiger partial charge in [0.25, 0.3) is 5.91 Å². The normalized spacial score (nSPS) is 10.2. The molecule has 2 aromatic heterocycles. The van der Waals surface area contributed by atoms with Crippen LogP contribution in [0.2, 0.25) is 5.02 Å². The number of hydrogen-bond acceptors (Lipinski definition) is 5. The monoisotopic (exact) mass is 291 g/mol. The summed E-state index contributed by atoms with van der Waals surface area (Å²) >= 11 is 5.98. The first-order chi connectivity index (χ1) is 9.60. The van der Waals surface area contributed by atoms with E-state index in [4.69, 9.17) is 11.6 Å². The van der Waals surface area contributed by atoms with E-state index in [9.17, 15) is 4.79 Å². The quantitative estimate of drug-likeness (QED) is 0.898. The highest BCUT2D eigenvalue weighted by atomic mass is 35.5. The molecule has 0 bridgehead atoms. The lowest BCUT2D eigenvalue weighted by molar-refractivity contribution is 0.0950. The number of anilines is 1. The van der Waals surface area contributed by atoms with E-state index in [2.05, 4.69) is 25.6 Å². The summed E-state index contributed by atoms with van der Waals surface area (Å²) in [6, 6.07) is 3.35. The number of carbonyl (C=O) groups excluding carboxylic acids is 1. The SMILES string of the molecule is CNc1cc(C(=O)NCc2ccnc(C)n2)c(Cl)cn1. The van der Waals surface area contributed by atoms with Gasteiger partial charge in [-0.1, -0.05) is 11.6 Å². The molecule has 0 aromatic carbocycles. The molecule has 0 aliphatic carbocycles. The first kappa shape index (κ1) is 14.2. The predicted octanol–water partition coefficient (Wildman–Crippen LogP) is 1.81. The maximum absolute atomic E-state index is 12.1. The summed E-state index contributed by atoms with van der Waals surface area (Å²) < 4.78 is 0. The van der Waals surface area contributed by atoms with Crippen molar-refractivity contribution < 1.29 is 4.79 Å². The van der Waals surface area contributed by atoms with Crippen LogP contribution < -0.4 is 10.6 Å². The Bertz CT molecular complexity index is 632. The first-order valence-electron chi connectivity index (χ1n) is 6.00. The molecule has 0 spiro atoms. The Labute approximate surface area is 121 Å². The Morgan fingerprint density at radius 2 is 2.20 bits per heavy atom. The van der Waals surface area contributed by atoms with Gasteiger partial charge in [0.15, 0.2) is 0 Å². The van der Waals surface area contributed by atoms with E-state index >= 15 is 0 Å². The number of carbonyl (C=O) groups is 1. The fourth-order valence-corrected chi connectivity index (χ4v) is 1.81. The van der Waals surface area contributed by atoms with Crippen molar-refractivity contribution in [3.8, 4) is 0 Å². The molecular formula is C13H14ClN5O. The average molecular weight is 292 g/mol. The minimum atomic E-state index is -0.273. The Balaban J connectivity index is 2.08. The van der Waals surface area contributed by atoms with Crippen LogP contribution in [0.4, 0.5) is 5.82 Å². The number of hydrogen-bond donors (Lipinski definition) is 2. The van der Waals surface area contributed by atoms with Gasteiger partial charge in [-0.05, 0) is 19.1 Å². The molecule has 0 aliphatic rings. The largest absolute Gasteiger partial charge is 0.373 e. The van der Waals surface area contributed by atoms with Crippen molar-refractivity contribution in [1.82, 2.24) is 20.3 Å². The molecule has 0 atom stereocenters. The van der Waals surface area contributed by atoms with E-state index < -0.39 is 0 Å². The molecule has 1 amide bonds. The number of aryl methyl sites for hydroxylation is 1.